The molecule has 0 saturated carbocycles. The molecule has 0 fully saturated rings. The number of carbonyl (C=O) groups is 2. The Labute approximate surface area is 178 Å². The lowest BCUT2D eigenvalue weighted by atomic mass is 10.1. The maximum Gasteiger partial charge on any atom is 0.291 e. The fraction of sp³-hybridized carbons (Fsp3) is 0.190. The third-order valence-electron chi connectivity index (χ3n) is 4.28. The van der Waals surface area contributed by atoms with E-state index in [1.165, 1.54) is 27.4 Å². The minimum absolute atomic E-state index is 0.0159. The van der Waals surface area contributed by atoms with Crippen LogP contribution in [0.25, 0.3) is 11.3 Å². The standard InChI is InChI=1S/C21H22N4O6/c1-28-13-8-9-17(29-2)14(10-13)19-11-16(25-31-19)21(27)24-23-20(26)12-22-15-6-4-5-7-18(15)30-3/h4-11,22H,12H2,1-3H3,(H,23,26)(H,24,27). The zero-order chi connectivity index (χ0) is 22.2. The van der Waals surface area contributed by atoms with Crippen molar-refractivity contribution >= 4 is 17.5 Å². The van der Waals surface area contributed by atoms with E-state index >= 15 is 0 Å². The number of benzene rings is 2. The predicted molar refractivity (Wildman–Crippen MR) is 112 cm³/mol. The molecule has 3 aromatic rings. The summed E-state index contributed by atoms with van der Waals surface area (Å²) in [6, 6.07) is 13.8. The Morgan fingerprint density at radius 1 is 0.935 bits per heavy atom. The van der Waals surface area contributed by atoms with Gasteiger partial charge < -0.3 is 24.1 Å². The quantitative estimate of drug-likeness (QED) is 0.469. The summed E-state index contributed by atoms with van der Waals surface area (Å²) >= 11 is 0. The van der Waals surface area contributed by atoms with E-state index in [0.29, 0.717) is 34.3 Å². The Hall–Kier alpha value is -4.21. The number of hydrazine groups is 1. The van der Waals surface area contributed by atoms with Gasteiger partial charge in [0.2, 0.25) is 0 Å². The van der Waals surface area contributed by atoms with Gasteiger partial charge >= 0.3 is 0 Å². The van der Waals surface area contributed by atoms with Crippen LogP contribution in [-0.4, -0.2) is 44.8 Å². The Morgan fingerprint density at radius 3 is 2.45 bits per heavy atom. The first-order valence-corrected chi connectivity index (χ1v) is 9.21. The smallest absolute Gasteiger partial charge is 0.291 e. The Bertz CT molecular complexity index is 1070. The van der Waals surface area contributed by atoms with Crippen molar-refractivity contribution in [2.24, 2.45) is 0 Å². The van der Waals surface area contributed by atoms with Crippen molar-refractivity contribution in [1.82, 2.24) is 16.0 Å². The number of amides is 2. The molecule has 2 amide bonds. The third-order valence-corrected chi connectivity index (χ3v) is 4.28. The van der Waals surface area contributed by atoms with Crippen molar-refractivity contribution in [3.05, 3.63) is 54.2 Å². The van der Waals surface area contributed by atoms with E-state index in [1.54, 1.807) is 30.3 Å². The topological polar surface area (TPSA) is 124 Å². The lowest BCUT2D eigenvalue weighted by molar-refractivity contribution is -0.120. The molecule has 162 valence electrons. The molecule has 0 aliphatic heterocycles. The van der Waals surface area contributed by atoms with Crippen LogP contribution in [0.2, 0.25) is 0 Å². The van der Waals surface area contributed by atoms with Crippen molar-refractivity contribution in [2.45, 2.75) is 0 Å². The van der Waals surface area contributed by atoms with Crippen LogP contribution in [-0.2, 0) is 4.79 Å². The molecule has 0 radical (unpaired) electrons. The van der Waals surface area contributed by atoms with Crippen LogP contribution in [0.4, 0.5) is 5.69 Å². The molecule has 0 bridgehead atoms. The van der Waals surface area contributed by atoms with E-state index in [9.17, 15) is 9.59 Å². The zero-order valence-electron chi connectivity index (χ0n) is 17.2. The second-order valence-electron chi connectivity index (χ2n) is 6.20. The van der Waals surface area contributed by atoms with Gasteiger partial charge in [-0.25, -0.2) is 0 Å². The minimum atomic E-state index is -0.637. The van der Waals surface area contributed by atoms with E-state index < -0.39 is 11.8 Å². The van der Waals surface area contributed by atoms with Crippen molar-refractivity contribution in [2.75, 3.05) is 33.2 Å². The van der Waals surface area contributed by atoms with Crippen LogP contribution in [0, 0.1) is 0 Å². The number of ether oxygens (including phenoxy) is 3. The molecule has 1 heterocycles. The Balaban J connectivity index is 1.58. The van der Waals surface area contributed by atoms with Crippen molar-refractivity contribution < 1.29 is 28.3 Å². The molecule has 3 N–H and O–H groups in total. The number of hydrogen-bond acceptors (Lipinski definition) is 8. The lowest BCUT2D eigenvalue weighted by Gasteiger charge is -2.11. The fourth-order valence-electron chi connectivity index (χ4n) is 2.72. The van der Waals surface area contributed by atoms with Gasteiger partial charge in [-0.1, -0.05) is 17.3 Å². The summed E-state index contributed by atoms with van der Waals surface area (Å²) < 4.78 is 21.0. The number of carbonyl (C=O) groups excluding carboxylic acids is 2. The number of methoxy groups -OCH3 is 3. The number of hydrogen-bond donors (Lipinski definition) is 3. The van der Waals surface area contributed by atoms with Crippen molar-refractivity contribution in [3.63, 3.8) is 0 Å². The molecular formula is C21H22N4O6. The molecule has 10 heteroatoms. The molecule has 0 aliphatic carbocycles. The van der Waals surface area contributed by atoms with E-state index in [4.69, 9.17) is 18.7 Å². The van der Waals surface area contributed by atoms with Crippen LogP contribution in [0.5, 0.6) is 17.2 Å². The molecule has 0 saturated heterocycles. The zero-order valence-corrected chi connectivity index (χ0v) is 17.2. The van der Waals surface area contributed by atoms with Gasteiger partial charge in [-0.2, -0.15) is 0 Å². The SMILES string of the molecule is COc1ccc(OC)c(-c2cc(C(=O)NNC(=O)CNc3ccccc3OC)no2)c1. The van der Waals surface area contributed by atoms with Crippen LogP contribution < -0.4 is 30.4 Å². The summed E-state index contributed by atoms with van der Waals surface area (Å²) in [6.07, 6.45) is 0. The number of nitrogens with zero attached hydrogens (tertiary/aromatic N) is 1. The van der Waals surface area contributed by atoms with Gasteiger partial charge in [-0.05, 0) is 30.3 Å². The molecule has 3 rings (SSSR count). The monoisotopic (exact) mass is 426 g/mol. The third kappa shape index (κ3) is 5.24. The van der Waals surface area contributed by atoms with Gasteiger partial charge in [0.25, 0.3) is 11.8 Å². The first-order valence-electron chi connectivity index (χ1n) is 9.21. The lowest BCUT2D eigenvalue weighted by Crippen LogP contribution is -2.44. The number of nitrogens with one attached hydrogen (secondary N) is 3. The van der Waals surface area contributed by atoms with Crippen molar-refractivity contribution in [3.8, 4) is 28.6 Å². The van der Waals surface area contributed by atoms with Gasteiger partial charge in [0, 0.05) is 6.07 Å². The van der Waals surface area contributed by atoms with Crippen molar-refractivity contribution in [1.29, 1.82) is 0 Å². The summed E-state index contributed by atoms with van der Waals surface area (Å²) in [5.74, 6) is 0.931. The molecule has 0 spiro atoms. The van der Waals surface area contributed by atoms with Gasteiger partial charge in [-0.15, -0.1) is 0 Å². The molecule has 0 atom stereocenters. The van der Waals surface area contributed by atoms with E-state index in [1.807, 2.05) is 12.1 Å². The summed E-state index contributed by atoms with van der Waals surface area (Å²) in [7, 11) is 4.59. The number of rotatable bonds is 8. The summed E-state index contributed by atoms with van der Waals surface area (Å²) in [6.45, 7) is -0.0777. The van der Waals surface area contributed by atoms with E-state index in [2.05, 4.69) is 21.3 Å². The minimum Gasteiger partial charge on any atom is -0.497 e. The maximum atomic E-state index is 12.3. The summed E-state index contributed by atoms with van der Waals surface area (Å²) in [5, 5.41) is 6.68. The normalized spacial score (nSPS) is 10.2. The molecule has 0 aliphatic rings. The van der Waals surface area contributed by atoms with Crippen LogP contribution in [0.3, 0.4) is 0 Å². The second-order valence-corrected chi connectivity index (χ2v) is 6.20. The predicted octanol–water partition coefficient (Wildman–Crippen LogP) is 2.24. The average Bonchev–Trinajstić information content (AvgIpc) is 3.31. The molecule has 0 unspecified atom stereocenters. The maximum absolute atomic E-state index is 12.3. The van der Waals surface area contributed by atoms with Crippen LogP contribution in [0.15, 0.2) is 53.1 Å². The van der Waals surface area contributed by atoms with Gasteiger partial charge in [0.05, 0.1) is 39.1 Å². The highest BCUT2D eigenvalue weighted by Crippen LogP contribution is 2.33. The summed E-state index contributed by atoms with van der Waals surface area (Å²) in [5.41, 5.74) is 5.81. The largest absolute Gasteiger partial charge is 0.497 e. The second kappa shape index (κ2) is 10.0. The molecule has 31 heavy (non-hydrogen) atoms. The van der Waals surface area contributed by atoms with Gasteiger partial charge in [0.1, 0.15) is 17.2 Å². The molecule has 10 nitrogen and oxygen atoms in total. The Morgan fingerprint density at radius 2 is 1.71 bits per heavy atom. The highest BCUT2D eigenvalue weighted by molar-refractivity contribution is 5.95. The molecule has 1 aromatic heterocycles. The van der Waals surface area contributed by atoms with Gasteiger partial charge in [-0.3, -0.25) is 20.4 Å². The van der Waals surface area contributed by atoms with E-state index in [0.717, 1.165) is 0 Å². The first kappa shape index (κ1) is 21.5. The van der Waals surface area contributed by atoms with Crippen LogP contribution in [0.1, 0.15) is 10.5 Å². The first-order chi connectivity index (χ1) is 15.0. The highest BCUT2D eigenvalue weighted by Gasteiger charge is 2.17. The average molecular weight is 426 g/mol. The van der Waals surface area contributed by atoms with Gasteiger partial charge in [0.15, 0.2) is 11.5 Å². The highest BCUT2D eigenvalue weighted by atomic mass is 16.5. The van der Waals surface area contributed by atoms with Crippen LogP contribution >= 0.6 is 0 Å². The number of para-hydroxylation sites is 2. The number of aromatic nitrogens is 1. The Kier molecular flexibility index (Phi) is 6.94. The molecular weight excluding hydrogens is 404 g/mol. The number of anilines is 1. The molecule has 2 aromatic carbocycles. The fourth-order valence-corrected chi connectivity index (χ4v) is 2.72. The summed E-state index contributed by atoms with van der Waals surface area (Å²) in [4.78, 5) is 24.3. The van der Waals surface area contributed by atoms with E-state index in [-0.39, 0.29) is 12.2 Å².